The third-order valence-electron chi connectivity index (χ3n) is 3.87. The molecule has 3 heteroatoms. The molecule has 0 aliphatic carbocycles. The number of nitrogens with zero attached hydrogens (tertiary/aromatic N) is 1. The molecule has 2 fully saturated rings. The number of rotatable bonds is 3. The van der Waals surface area contributed by atoms with Crippen LogP contribution in [0.5, 0.6) is 0 Å². The van der Waals surface area contributed by atoms with E-state index in [2.05, 4.69) is 22.5 Å². The van der Waals surface area contributed by atoms with Gasteiger partial charge in [0.1, 0.15) is 0 Å². The molecule has 2 aliphatic rings. The SMILES string of the molecule is CC[C@H]1NCCC[C@@H]1CN1CCNCC1. The fourth-order valence-corrected chi connectivity index (χ4v) is 2.94. The van der Waals surface area contributed by atoms with Crippen LogP contribution in [-0.4, -0.2) is 50.2 Å². The van der Waals surface area contributed by atoms with E-state index in [1.54, 1.807) is 0 Å². The van der Waals surface area contributed by atoms with Crippen LogP contribution in [0.25, 0.3) is 0 Å². The minimum absolute atomic E-state index is 0.772. The molecule has 3 nitrogen and oxygen atoms in total. The second-order valence-corrected chi connectivity index (χ2v) is 4.92. The first-order valence-corrected chi connectivity index (χ1v) is 6.56. The predicted octanol–water partition coefficient (Wildman–Crippen LogP) is 0.670. The highest BCUT2D eigenvalue weighted by atomic mass is 15.2. The van der Waals surface area contributed by atoms with Crippen LogP contribution in [0, 0.1) is 5.92 Å². The minimum Gasteiger partial charge on any atom is -0.314 e. The molecule has 0 unspecified atom stereocenters. The van der Waals surface area contributed by atoms with E-state index in [1.807, 2.05) is 0 Å². The van der Waals surface area contributed by atoms with E-state index in [-0.39, 0.29) is 0 Å². The van der Waals surface area contributed by atoms with Gasteiger partial charge >= 0.3 is 0 Å². The monoisotopic (exact) mass is 211 g/mol. The van der Waals surface area contributed by atoms with Gasteiger partial charge in [-0.1, -0.05) is 6.92 Å². The Hall–Kier alpha value is -0.120. The molecule has 2 aliphatic heterocycles. The fraction of sp³-hybridized carbons (Fsp3) is 1.00. The second kappa shape index (κ2) is 5.83. The Kier molecular flexibility index (Phi) is 4.42. The van der Waals surface area contributed by atoms with Crippen LogP contribution in [0.15, 0.2) is 0 Å². The van der Waals surface area contributed by atoms with Crippen LogP contribution >= 0.6 is 0 Å². The summed E-state index contributed by atoms with van der Waals surface area (Å²) < 4.78 is 0. The molecule has 2 N–H and O–H groups in total. The summed E-state index contributed by atoms with van der Waals surface area (Å²) in [6.07, 6.45) is 4.08. The molecule has 15 heavy (non-hydrogen) atoms. The normalized spacial score (nSPS) is 34.2. The largest absolute Gasteiger partial charge is 0.314 e. The van der Waals surface area contributed by atoms with E-state index in [9.17, 15) is 0 Å². The number of hydrogen-bond donors (Lipinski definition) is 2. The molecule has 0 bridgehead atoms. The smallest absolute Gasteiger partial charge is 0.0107 e. The molecule has 0 spiro atoms. The average molecular weight is 211 g/mol. The molecule has 0 aromatic carbocycles. The molecule has 0 aromatic rings. The van der Waals surface area contributed by atoms with Gasteiger partial charge in [0.15, 0.2) is 0 Å². The van der Waals surface area contributed by atoms with Gasteiger partial charge in [-0.2, -0.15) is 0 Å². The maximum absolute atomic E-state index is 3.67. The Morgan fingerprint density at radius 1 is 1.20 bits per heavy atom. The lowest BCUT2D eigenvalue weighted by Gasteiger charge is -2.37. The van der Waals surface area contributed by atoms with Gasteiger partial charge < -0.3 is 15.5 Å². The molecular formula is C12H25N3. The van der Waals surface area contributed by atoms with Gasteiger partial charge in [0, 0.05) is 38.8 Å². The van der Waals surface area contributed by atoms with Crippen molar-refractivity contribution in [3.8, 4) is 0 Å². The van der Waals surface area contributed by atoms with Crippen LogP contribution in [-0.2, 0) is 0 Å². The zero-order valence-corrected chi connectivity index (χ0v) is 9.97. The summed E-state index contributed by atoms with van der Waals surface area (Å²) in [5.41, 5.74) is 0. The van der Waals surface area contributed by atoms with Crippen molar-refractivity contribution in [1.29, 1.82) is 0 Å². The maximum atomic E-state index is 3.67. The summed E-state index contributed by atoms with van der Waals surface area (Å²) in [5.74, 6) is 0.891. The topological polar surface area (TPSA) is 27.3 Å². The lowest BCUT2D eigenvalue weighted by molar-refractivity contribution is 0.158. The molecule has 0 radical (unpaired) electrons. The van der Waals surface area contributed by atoms with Crippen LogP contribution < -0.4 is 10.6 Å². The van der Waals surface area contributed by atoms with Crippen molar-refractivity contribution in [2.75, 3.05) is 39.3 Å². The average Bonchev–Trinajstić information content (AvgIpc) is 2.31. The second-order valence-electron chi connectivity index (χ2n) is 4.92. The Morgan fingerprint density at radius 2 is 2.00 bits per heavy atom. The standard InChI is InChI=1S/C12H25N3/c1-2-12-11(4-3-5-14-12)10-15-8-6-13-7-9-15/h11-14H,2-10H2,1H3/t11-,12-/m1/s1. The van der Waals surface area contributed by atoms with Crippen molar-refractivity contribution in [1.82, 2.24) is 15.5 Å². The Bertz CT molecular complexity index is 178. The number of piperidine rings is 1. The lowest BCUT2D eigenvalue weighted by atomic mass is 9.88. The summed E-state index contributed by atoms with van der Waals surface area (Å²) in [6.45, 7) is 9.70. The van der Waals surface area contributed by atoms with E-state index in [4.69, 9.17) is 0 Å². The van der Waals surface area contributed by atoms with Crippen molar-refractivity contribution < 1.29 is 0 Å². The molecule has 2 rings (SSSR count). The minimum atomic E-state index is 0.772. The van der Waals surface area contributed by atoms with E-state index in [0.717, 1.165) is 12.0 Å². The highest BCUT2D eigenvalue weighted by molar-refractivity contribution is 4.83. The third kappa shape index (κ3) is 3.16. The van der Waals surface area contributed by atoms with Gasteiger partial charge in [0.2, 0.25) is 0 Å². The number of hydrogen-bond acceptors (Lipinski definition) is 3. The molecule has 0 amide bonds. The van der Waals surface area contributed by atoms with E-state index < -0.39 is 0 Å². The number of nitrogens with one attached hydrogen (secondary N) is 2. The van der Waals surface area contributed by atoms with Crippen molar-refractivity contribution >= 4 is 0 Å². The van der Waals surface area contributed by atoms with Gasteiger partial charge in [-0.25, -0.2) is 0 Å². The van der Waals surface area contributed by atoms with Crippen molar-refractivity contribution in [2.45, 2.75) is 32.2 Å². The van der Waals surface area contributed by atoms with E-state index in [0.29, 0.717) is 0 Å². The summed E-state index contributed by atoms with van der Waals surface area (Å²) >= 11 is 0. The molecule has 2 heterocycles. The van der Waals surface area contributed by atoms with Gasteiger partial charge in [0.25, 0.3) is 0 Å². The first-order valence-electron chi connectivity index (χ1n) is 6.56. The first kappa shape index (κ1) is 11.4. The lowest BCUT2D eigenvalue weighted by Crippen LogP contribution is -2.50. The van der Waals surface area contributed by atoms with Gasteiger partial charge in [-0.15, -0.1) is 0 Å². The van der Waals surface area contributed by atoms with E-state index in [1.165, 1.54) is 58.5 Å². The highest BCUT2D eigenvalue weighted by Crippen LogP contribution is 2.20. The molecule has 2 atom stereocenters. The molecule has 2 saturated heterocycles. The van der Waals surface area contributed by atoms with E-state index >= 15 is 0 Å². The maximum Gasteiger partial charge on any atom is 0.0107 e. The molecular weight excluding hydrogens is 186 g/mol. The fourth-order valence-electron chi connectivity index (χ4n) is 2.94. The van der Waals surface area contributed by atoms with Crippen molar-refractivity contribution in [3.05, 3.63) is 0 Å². The zero-order valence-electron chi connectivity index (χ0n) is 9.97. The van der Waals surface area contributed by atoms with Gasteiger partial charge in [0.05, 0.1) is 0 Å². The van der Waals surface area contributed by atoms with Crippen LogP contribution in [0.4, 0.5) is 0 Å². The molecule has 0 saturated carbocycles. The van der Waals surface area contributed by atoms with Gasteiger partial charge in [-0.3, -0.25) is 0 Å². The third-order valence-corrected chi connectivity index (χ3v) is 3.87. The Morgan fingerprint density at radius 3 is 2.73 bits per heavy atom. The number of piperazine rings is 1. The summed E-state index contributed by atoms with van der Waals surface area (Å²) in [4.78, 5) is 2.64. The quantitative estimate of drug-likeness (QED) is 0.718. The van der Waals surface area contributed by atoms with Crippen LogP contribution in [0.1, 0.15) is 26.2 Å². The van der Waals surface area contributed by atoms with Crippen LogP contribution in [0.2, 0.25) is 0 Å². The Balaban J connectivity index is 1.79. The summed E-state index contributed by atoms with van der Waals surface area (Å²) in [7, 11) is 0. The van der Waals surface area contributed by atoms with Gasteiger partial charge in [-0.05, 0) is 31.7 Å². The molecule has 88 valence electrons. The Labute approximate surface area is 93.6 Å². The zero-order chi connectivity index (χ0) is 10.5. The molecule has 0 aromatic heterocycles. The summed E-state index contributed by atoms with van der Waals surface area (Å²) in [5, 5.41) is 7.09. The van der Waals surface area contributed by atoms with Crippen LogP contribution in [0.3, 0.4) is 0 Å². The van der Waals surface area contributed by atoms with Crippen molar-refractivity contribution in [2.24, 2.45) is 5.92 Å². The first-order chi connectivity index (χ1) is 7.40. The van der Waals surface area contributed by atoms with Crippen molar-refractivity contribution in [3.63, 3.8) is 0 Å². The highest BCUT2D eigenvalue weighted by Gasteiger charge is 2.25. The predicted molar refractivity (Wildman–Crippen MR) is 64.1 cm³/mol. The summed E-state index contributed by atoms with van der Waals surface area (Å²) in [6, 6.07) is 0.772.